The predicted octanol–water partition coefficient (Wildman–Crippen LogP) is 4.27. The zero-order valence-electron chi connectivity index (χ0n) is 14.9. The number of aryl methyl sites for hydroxylation is 1. The second-order valence-electron chi connectivity index (χ2n) is 6.92. The molecule has 3 rings (SSSR count). The highest BCUT2D eigenvalue weighted by Crippen LogP contribution is 2.35. The van der Waals surface area contributed by atoms with Gasteiger partial charge in [-0.25, -0.2) is 0 Å². The summed E-state index contributed by atoms with van der Waals surface area (Å²) in [5, 5.41) is 0. The molecule has 0 amide bonds. The van der Waals surface area contributed by atoms with Crippen molar-refractivity contribution < 1.29 is 4.74 Å². The summed E-state index contributed by atoms with van der Waals surface area (Å²) in [4.78, 5) is 2.32. The van der Waals surface area contributed by atoms with Crippen LogP contribution in [0.1, 0.15) is 31.5 Å². The second-order valence-corrected chi connectivity index (χ2v) is 7.45. The van der Waals surface area contributed by atoms with Crippen molar-refractivity contribution in [2.24, 2.45) is 5.92 Å². The number of rotatable bonds is 5. The highest BCUT2D eigenvalue weighted by atomic mass is 32.1. The number of aromatic nitrogens is 2. The molecule has 0 bridgehead atoms. The lowest BCUT2D eigenvalue weighted by Crippen LogP contribution is -2.25. The standard InChI is InChI=1S/C19H25N3OS/c1-13(2)12-23-17-10-14(3)7-8-16(17)19-18(20-24-21-19)15-6-5-9-22(4)11-15/h6-8,10,13H,5,9,11-12H2,1-4H3. The maximum atomic E-state index is 6.07. The quantitative estimate of drug-likeness (QED) is 0.813. The number of likely N-dealkylation sites (N-methyl/N-ethyl adjacent to an activating group) is 1. The minimum Gasteiger partial charge on any atom is -0.493 e. The van der Waals surface area contributed by atoms with E-state index in [1.165, 1.54) is 22.9 Å². The Bertz CT molecular complexity index is 736. The van der Waals surface area contributed by atoms with Crippen LogP contribution in [0.4, 0.5) is 0 Å². The van der Waals surface area contributed by atoms with Crippen molar-refractivity contribution in [1.29, 1.82) is 0 Å². The van der Waals surface area contributed by atoms with Gasteiger partial charge in [-0.15, -0.1) is 0 Å². The van der Waals surface area contributed by atoms with Crippen LogP contribution in [0, 0.1) is 12.8 Å². The molecule has 0 saturated heterocycles. The van der Waals surface area contributed by atoms with Crippen LogP contribution in [-0.2, 0) is 0 Å². The molecule has 0 atom stereocenters. The van der Waals surface area contributed by atoms with E-state index >= 15 is 0 Å². The summed E-state index contributed by atoms with van der Waals surface area (Å²) in [6.07, 6.45) is 3.36. The van der Waals surface area contributed by atoms with Gasteiger partial charge in [0.15, 0.2) is 0 Å². The van der Waals surface area contributed by atoms with Crippen molar-refractivity contribution in [2.45, 2.75) is 27.2 Å². The van der Waals surface area contributed by atoms with Gasteiger partial charge in [0.05, 0.1) is 18.3 Å². The molecule has 1 aliphatic heterocycles. The number of ether oxygens (including phenoxy) is 1. The van der Waals surface area contributed by atoms with Gasteiger partial charge in [0.1, 0.15) is 17.1 Å². The number of hydrogen-bond acceptors (Lipinski definition) is 5. The molecule has 0 aliphatic carbocycles. The topological polar surface area (TPSA) is 38.2 Å². The molecule has 0 radical (unpaired) electrons. The first-order chi connectivity index (χ1) is 11.5. The minimum atomic E-state index is 0.487. The van der Waals surface area contributed by atoms with Crippen molar-refractivity contribution in [3.05, 3.63) is 35.5 Å². The van der Waals surface area contributed by atoms with Crippen molar-refractivity contribution in [3.63, 3.8) is 0 Å². The van der Waals surface area contributed by atoms with Crippen LogP contribution >= 0.6 is 11.7 Å². The molecule has 0 saturated carbocycles. The molecule has 0 unspecified atom stereocenters. The average Bonchev–Trinajstić information content (AvgIpc) is 3.02. The van der Waals surface area contributed by atoms with Crippen molar-refractivity contribution in [2.75, 3.05) is 26.7 Å². The first kappa shape index (κ1) is 17.1. The lowest BCUT2D eigenvalue weighted by atomic mass is 10.0. The van der Waals surface area contributed by atoms with Crippen LogP contribution in [0.3, 0.4) is 0 Å². The fraction of sp³-hybridized carbons (Fsp3) is 0.474. The van der Waals surface area contributed by atoms with E-state index in [4.69, 9.17) is 4.74 Å². The van der Waals surface area contributed by atoms with E-state index in [1.54, 1.807) is 0 Å². The van der Waals surface area contributed by atoms with Crippen molar-refractivity contribution in [1.82, 2.24) is 13.6 Å². The third-order valence-electron chi connectivity index (χ3n) is 4.10. The van der Waals surface area contributed by atoms with Crippen LogP contribution < -0.4 is 4.74 Å². The van der Waals surface area contributed by atoms with Gasteiger partial charge in [0.2, 0.25) is 0 Å². The summed E-state index contributed by atoms with van der Waals surface area (Å²) < 4.78 is 15.3. The Morgan fingerprint density at radius 3 is 2.79 bits per heavy atom. The number of nitrogens with zero attached hydrogens (tertiary/aromatic N) is 3. The molecule has 0 spiro atoms. The number of hydrogen-bond donors (Lipinski definition) is 0. The second kappa shape index (κ2) is 7.45. The average molecular weight is 343 g/mol. The highest BCUT2D eigenvalue weighted by Gasteiger charge is 2.21. The van der Waals surface area contributed by atoms with E-state index in [0.29, 0.717) is 12.5 Å². The van der Waals surface area contributed by atoms with Crippen LogP contribution in [0.5, 0.6) is 5.75 Å². The maximum absolute atomic E-state index is 6.07. The molecule has 5 heteroatoms. The van der Waals surface area contributed by atoms with Gasteiger partial charge in [0.25, 0.3) is 0 Å². The lowest BCUT2D eigenvalue weighted by Gasteiger charge is -2.22. The third kappa shape index (κ3) is 3.84. The van der Waals surface area contributed by atoms with Gasteiger partial charge in [-0.3, -0.25) is 0 Å². The van der Waals surface area contributed by atoms with Gasteiger partial charge in [-0.2, -0.15) is 8.75 Å². The monoisotopic (exact) mass is 343 g/mol. The first-order valence-corrected chi connectivity index (χ1v) is 9.22. The smallest absolute Gasteiger partial charge is 0.129 e. The van der Waals surface area contributed by atoms with Gasteiger partial charge < -0.3 is 9.64 Å². The summed E-state index contributed by atoms with van der Waals surface area (Å²) in [6, 6.07) is 6.32. The van der Waals surface area contributed by atoms with Crippen LogP contribution in [-0.4, -0.2) is 40.4 Å². The summed E-state index contributed by atoms with van der Waals surface area (Å²) >= 11 is 1.28. The van der Waals surface area contributed by atoms with E-state index in [1.807, 2.05) is 0 Å². The Kier molecular flexibility index (Phi) is 5.31. The maximum Gasteiger partial charge on any atom is 0.129 e. The number of benzene rings is 1. The van der Waals surface area contributed by atoms with Crippen LogP contribution in [0.2, 0.25) is 0 Å². The van der Waals surface area contributed by atoms with Gasteiger partial charge in [0, 0.05) is 18.7 Å². The molecule has 1 aromatic heterocycles. The summed E-state index contributed by atoms with van der Waals surface area (Å²) in [7, 11) is 2.15. The SMILES string of the molecule is Cc1ccc(-c2nsnc2C2=CCCN(C)C2)c(OCC(C)C)c1. The zero-order valence-corrected chi connectivity index (χ0v) is 15.7. The van der Waals surface area contributed by atoms with Crippen LogP contribution in [0.15, 0.2) is 24.3 Å². The molecular formula is C19H25N3OS. The summed E-state index contributed by atoms with van der Waals surface area (Å²) in [5.74, 6) is 1.39. The molecule has 4 nitrogen and oxygen atoms in total. The fourth-order valence-corrected chi connectivity index (χ4v) is 3.43. The zero-order chi connectivity index (χ0) is 17.1. The largest absolute Gasteiger partial charge is 0.493 e. The van der Waals surface area contributed by atoms with E-state index in [2.05, 4.69) is 65.7 Å². The molecule has 0 N–H and O–H groups in total. The van der Waals surface area contributed by atoms with E-state index in [9.17, 15) is 0 Å². The summed E-state index contributed by atoms with van der Waals surface area (Å²) in [6.45, 7) is 9.14. The first-order valence-electron chi connectivity index (χ1n) is 8.49. The molecule has 2 heterocycles. The Labute approximate surface area is 148 Å². The molecule has 2 aromatic rings. The Morgan fingerprint density at radius 2 is 2.04 bits per heavy atom. The van der Waals surface area contributed by atoms with Gasteiger partial charge >= 0.3 is 0 Å². The van der Waals surface area contributed by atoms with E-state index in [-0.39, 0.29) is 0 Å². The molecular weight excluding hydrogens is 318 g/mol. The molecule has 1 aliphatic rings. The van der Waals surface area contributed by atoms with Crippen LogP contribution in [0.25, 0.3) is 16.8 Å². The van der Waals surface area contributed by atoms with E-state index in [0.717, 1.165) is 42.2 Å². The van der Waals surface area contributed by atoms with Crippen molar-refractivity contribution in [3.8, 4) is 17.0 Å². The molecule has 0 fully saturated rings. The highest BCUT2D eigenvalue weighted by molar-refractivity contribution is 6.99. The lowest BCUT2D eigenvalue weighted by molar-refractivity contribution is 0.272. The molecule has 24 heavy (non-hydrogen) atoms. The third-order valence-corrected chi connectivity index (χ3v) is 4.63. The van der Waals surface area contributed by atoms with Crippen molar-refractivity contribution >= 4 is 17.3 Å². The minimum absolute atomic E-state index is 0.487. The summed E-state index contributed by atoms with van der Waals surface area (Å²) in [5.41, 5.74) is 5.45. The molecule has 1 aromatic carbocycles. The van der Waals surface area contributed by atoms with Gasteiger partial charge in [-0.1, -0.05) is 26.0 Å². The Hall–Kier alpha value is -1.72. The molecule has 128 valence electrons. The predicted molar refractivity (Wildman–Crippen MR) is 101 cm³/mol. The van der Waals surface area contributed by atoms with E-state index < -0.39 is 0 Å². The van der Waals surface area contributed by atoms with Gasteiger partial charge in [-0.05, 0) is 49.6 Å². The normalized spacial score (nSPS) is 15.6. The fourth-order valence-electron chi connectivity index (χ4n) is 2.84. The Morgan fingerprint density at radius 1 is 1.25 bits per heavy atom. The Balaban J connectivity index is 1.98.